The molecule has 2 aromatic rings. The number of anilines is 3. The van der Waals surface area contributed by atoms with Gasteiger partial charge in [0.2, 0.25) is 11.9 Å². The second-order valence-corrected chi connectivity index (χ2v) is 7.43. The van der Waals surface area contributed by atoms with Crippen LogP contribution in [0.5, 0.6) is 0 Å². The van der Waals surface area contributed by atoms with Crippen LogP contribution in [-0.2, 0) is 23.9 Å². The lowest BCUT2D eigenvalue weighted by molar-refractivity contribution is -0.137. The number of nitrogens with zero attached hydrogens (tertiary/aromatic N) is 3. The molecule has 1 aliphatic carbocycles. The molecule has 30 heavy (non-hydrogen) atoms. The Morgan fingerprint density at radius 1 is 1.30 bits per heavy atom. The molecule has 2 heterocycles. The molecular weight excluding hydrogens is 395 g/mol. The highest BCUT2D eigenvalue weighted by atomic mass is 19.4. The predicted molar refractivity (Wildman–Crippen MR) is 106 cm³/mol. The van der Waals surface area contributed by atoms with E-state index in [1.54, 1.807) is 11.0 Å². The Hall–Kier alpha value is -3.28. The van der Waals surface area contributed by atoms with Crippen molar-refractivity contribution in [3.8, 4) is 12.3 Å². The summed E-state index contributed by atoms with van der Waals surface area (Å²) in [6.45, 7) is 1.06. The Morgan fingerprint density at radius 3 is 2.80 bits per heavy atom. The highest BCUT2D eigenvalue weighted by molar-refractivity contribution is 5.79. The van der Waals surface area contributed by atoms with Gasteiger partial charge < -0.3 is 15.5 Å². The molecule has 0 atom stereocenters. The van der Waals surface area contributed by atoms with Crippen molar-refractivity contribution in [3.63, 3.8) is 0 Å². The fraction of sp³-hybridized carbons (Fsp3) is 0.381. The average molecular weight is 415 g/mol. The van der Waals surface area contributed by atoms with Crippen LogP contribution in [-0.4, -0.2) is 33.4 Å². The zero-order chi connectivity index (χ0) is 21.3. The van der Waals surface area contributed by atoms with E-state index in [4.69, 9.17) is 6.42 Å². The molecule has 9 heteroatoms. The molecule has 0 spiro atoms. The van der Waals surface area contributed by atoms with Crippen LogP contribution in [0, 0.1) is 12.3 Å². The van der Waals surface area contributed by atoms with Crippen molar-refractivity contribution in [1.82, 2.24) is 14.9 Å². The molecule has 156 valence electrons. The number of benzene rings is 1. The van der Waals surface area contributed by atoms with Crippen molar-refractivity contribution in [2.75, 3.05) is 17.2 Å². The number of fused-ring (bicyclic) bond motifs is 1. The van der Waals surface area contributed by atoms with Gasteiger partial charge in [0.1, 0.15) is 11.4 Å². The van der Waals surface area contributed by atoms with Crippen molar-refractivity contribution in [1.29, 1.82) is 0 Å². The van der Waals surface area contributed by atoms with Gasteiger partial charge in [0.15, 0.2) is 0 Å². The normalized spacial score (nSPS) is 15.9. The summed E-state index contributed by atoms with van der Waals surface area (Å²) in [4.78, 5) is 21.6. The SMILES string of the molecule is C#CCC(=O)N1CCc2cc(Nc3ncc(C(F)(F)F)c(NC4CC4)n3)ccc2C1. The number of terminal acetylenes is 1. The molecular formula is C21H20F3N5O. The second kappa shape index (κ2) is 7.86. The van der Waals surface area contributed by atoms with Crippen LogP contribution in [0.2, 0.25) is 0 Å². The van der Waals surface area contributed by atoms with Crippen LogP contribution in [0.1, 0.15) is 36.0 Å². The molecule has 1 aromatic carbocycles. The number of halogens is 3. The zero-order valence-electron chi connectivity index (χ0n) is 16.1. The lowest BCUT2D eigenvalue weighted by atomic mass is 9.99. The van der Waals surface area contributed by atoms with Crippen LogP contribution in [0.3, 0.4) is 0 Å². The van der Waals surface area contributed by atoms with E-state index in [-0.39, 0.29) is 30.1 Å². The number of aromatic nitrogens is 2. The summed E-state index contributed by atoms with van der Waals surface area (Å²) in [5.41, 5.74) is 1.88. The number of hydrogen-bond acceptors (Lipinski definition) is 5. The van der Waals surface area contributed by atoms with Gasteiger partial charge in [-0.2, -0.15) is 18.2 Å². The van der Waals surface area contributed by atoms with Crippen LogP contribution < -0.4 is 10.6 Å². The monoisotopic (exact) mass is 415 g/mol. The van der Waals surface area contributed by atoms with Gasteiger partial charge in [-0.25, -0.2) is 4.98 Å². The van der Waals surface area contributed by atoms with Crippen molar-refractivity contribution in [2.45, 2.75) is 44.4 Å². The predicted octanol–water partition coefficient (Wildman–Crippen LogP) is 3.72. The Balaban J connectivity index is 1.51. The fourth-order valence-corrected chi connectivity index (χ4v) is 3.35. The molecule has 0 bridgehead atoms. The number of nitrogens with one attached hydrogen (secondary N) is 2. The molecule has 0 unspecified atom stereocenters. The molecule has 2 aliphatic rings. The molecule has 1 aliphatic heterocycles. The minimum absolute atomic E-state index is 0.0257. The molecule has 1 amide bonds. The first-order valence-corrected chi connectivity index (χ1v) is 9.64. The van der Waals surface area contributed by atoms with Gasteiger partial charge in [0, 0.05) is 31.0 Å². The van der Waals surface area contributed by atoms with Crippen LogP contribution >= 0.6 is 0 Å². The first-order valence-electron chi connectivity index (χ1n) is 9.64. The van der Waals surface area contributed by atoms with Gasteiger partial charge in [-0.15, -0.1) is 6.42 Å². The topological polar surface area (TPSA) is 70.2 Å². The van der Waals surface area contributed by atoms with E-state index in [0.717, 1.165) is 30.2 Å². The van der Waals surface area contributed by atoms with E-state index in [1.807, 2.05) is 12.1 Å². The lowest BCUT2D eigenvalue weighted by Gasteiger charge is -2.28. The lowest BCUT2D eigenvalue weighted by Crippen LogP contribution is -2.35. The molecule has 1 aromatic heterocycles. The van der Waals surface area contributed by atoms with E-state index in [2.05, 4.69) is 26.5 Å². The van der Waals surface area contributed by atoms with Crippen molar-refractivity contribution in [3.05, 3.63) is 41.1 Å². The smallest absolute Gasteiger partial charge is 0.367 e. The van der Waals surface area contributed by atoms with Gasteiger partial charge in [0.25, 0.3) is 0 Å². The van der Waals surface area contributed by atoms with Gasteiger partial charge in [-0.1, -0.05) is 12.0 Å². The van der Waals surface area contributed by atoms with Crippen LogP contribution in [0.4, 0.5) is 30.6 Å². The summed E-state index contributed by atoms with van der Waals surface area (Å²) in [6.07, 6.45) is 3.90. The minimum Gasteiger partial charge on any atom is -0.367 e. The van der Waals surface area contributed by atoms with E-state index in [1.165, 1.54) is 0 Å². The summed E-state index contributed by atoms with van der Waals surface area (Å²) in [7, 11) is 0. The average Bonchev–Trinajstić information content (AvgIpc) is 3.51. The second-order valence-electron chi connectivity index (χ2n) is 7.43. The van der Waals surface area contributed by atoms with E-state index < -0.39 is 11.7 Å². The Labute approximate surface area is 171 Å². The van der Waals surface area contributed by atoms with Crippen molar-refractivity contribution < 1.29 is 18.0 Å². The Morgan fingerprint density at radius 2 is 2.10 bits per heavy atom. The number of amides is 1. The maximum Gasteiger partial charge on any atom is 0.421 e. The van der Waals surface area contributed by atoms with Gasteiger partial charge in [0.05, 0.1) is 6.42 Å². The first kappa shape index (κ1) is 20.0. The summed E-state index contributed by atoms with van der Waals surface area (Å²) in [5, 5.41) is 5.81. The Bertz CT molecular complexity index is 1010. The summed E-state index contributed by atoms with van der Waals surface area (Å²) < 4.78 is 39.7. The third-order valence-electron chi connectivity index (χ3n) is 5.09. The molecule has 6 nitrogen and oxygen atoms in total. The quantitative estimate of drug-likeness (QED) is 0.729. The highest BCUT2D eigenvalue weighted by Gasteiger charge is 2.37. The van der Waals surface area contributed by atoms with E-state index in [0.29, 0.717) is 25.2 Å². The standard InChI is InChI=1S/C21H20F3N5O/c1-2-3-18(30)29-9-8-13-10-16(5-4-14(13)12-29)27-20-25-11-17(21(22,23)24)19(28-20)26-15-6-7-15/h1,4-5,10-11,15H,3,6-9,12H2,(H2,25,26,27,28). The van der Waals surface area contributed by atoms with Gasteiger partial charge in [-0.3, -0.25) is 4.79 Å². The maximum atomic E-state index is 13.2. The summed E-state index contributed by atoms with van der Waals surface area (Å²) in [5.74, 6) is 2.18. The van der Waals surface area contributed by atoms with Gasteiger partial charge >= 0.3 is 6.18 Å². The van der Waals surface area contributed by atoms with Gasteiger partial charge in [-0.05, 0) is 42.5 Å². The molecule has 1 fully saturated rings. The fourth-order valence-electron chi connectivity index (χ4n) is 3.35. The Kier molecular flexibility index (Phi) is 5.24. The third-order valence-corrected chi connectivity index (χ3v) is 5.09. The van der Waals surface area contributed by atoms with Crippen LogP contribution in [0.15, 0.2) is 24.4 Å². The van der Waals surface area contributed by atoms with Crippen LogP contribution in [0.25, 0.3) is 0 Å². The largest absolute Gasteiger partial charge is 0.421 e. The van der Waals surface area contributed by atoms with E-state index in [9.17, 15) is 18.0 Å². The van der Waals surface area contributed by atoms with Crippen molar-refractivity contribution >= 4 is 23.4 Å². The molecule has 1 saturated carbocycles. The summed E-state index contributed by atoms with van der Waals surface area (Å²) in [6, 6.07) is 5.62. The maximum absolute atomic E-state index is 13.2. The zero-order valence-corrected chi connectivity index (χ0v) is 16.1. The first-order chi connectivity index (χ1) is 14.3. The number of alkyl halides is 3. The molecule has 0 saturated heterocycles. The highest BCUT2D eigenvalue weighted by Crippen LogP contribution is 2.36. The van der Waals surface area contributed by atoms with Crippen molar-refractivity contribution in [2.24, 2.45) is 0 Å². The third kappa shape index (κ3) is 4.48. The molecule has 0 radical (unpaired) electrons. The summed E-state index contributed by atoms with van der Waals surface area (Å²) >= 11 is 0. The van der Waals surface area contributed by atoms with E-state index >= 15 is 0 Å². The molecule has 4 rings (SSSR count). The minimum atomic E-state index is -4.52. The number of carbonyl (C=O) groups is 1. The number of rotatable bonds is 5. The number of carbonyl (C=O) groups excluding carboxylic acids is 1. The molecule has 2 N–H and O–H groups in total. The number of hydrogen-bond donors (Lipinski definition) is 2.